The molecule has 4 aliphatic rings. The number of hydrogen-bond donors (Lipinski definition) is 4. The number of nitrogens with zero attached hydrogens (tertiary/aromatic N) is 4. The van der Waals surface area contributed by atoms with Gasteiger partial charge in [-0.3, -0.25) is 10.1 Å². The molecule has 1 unspecified atom stereocenters. The van der Waals surface area contributed by atoms with Crippen molar-refractivity contribution in [2.24, 2.45) is 0 Å². The Bertz CT molecular complexity index is 1470. The van der Waals surface area contributed by atoms with Crippen molar-refractivity contribution in [3.05, 3.63) is 58.6 Å². The molecule has 2 aromatic rings. The van der Waals surface area contributed by atoms with Crippen LogP contribution in [-0.2, 0) is 17.8 Å². The van der Waals surface area contributed by atoms with Crippen molar-refractivity contribution in [3.63, 3.8) is 0 Å². The Morgan fingerprint density at radius 2 is 1.57 bits per heavy atom. The monoisotopic (exact) mass is 665 g/mol. The maximum absolute atomic E-state index is 14.0. The molecule has 4 aliphatic heterocycles. The molecule has 4 heterocycles. The van der Waals surface area contributed by atoms with E-state index < -0.39 is 12.1 Å². The average molecular weight is 666 g/mol. The van der Waals surface area contributed by atoms with Gasteiger partial charge < -0.3 is 35.3 Å². The summed E-state index contributed by atoms with van der Waals surface area (Å²) in [5.74, 6) is -0.127. The second-order valence-corrected chi connectivity index (χ2v) is 13.4. The molecular formula is C34H44ClN7O5. The van der Waals surface area contributed by atoms with Crippen LogP contribution in [0.15, 0.2) is 42.5 Å². The highest BCUT2D eigenvalue weighted by molar-refractivity contribution is 6.33. The third-order valence-corrected chi connectivity index (χ3v) is 10.4. The second kappa shape index (κ2) is 14.8. The number of nitrogens with one attached hydrogen (secondary N) is 3. The molecule has 13 heteroatoms. The van der Waals surface area contributed by atoms with Crippen molar-refractivity contribution in [1.29, 1.82) is 0 Å². The lowest BCUT2D eigenvalue weighted by Gasteiger charge is -2.42. The molecule has 3 saturated heterocycles. The molecule has 2 aromatic carbocycles. The number of anilines is 2. The van der Waals surface area contributed by atoms with Crippen molar-refractivity contribution in [2.45, 2.75) is 76.0 Å². The Morgan fingerprint density at radius 1 is 0.894 bits per heavy atom. The first-order valence-electron chi connectivity index (χ1n) is 16.8. The smallest absolute Gasteiger partial charge is 0.409 e. The van der Waals surface area contributed by atoms with Crippen molar-refractivity contribution in [3.8, 4) is 0 Å². The molecule has 252 valence electrons. The SMILES string of the molecule is O=C(O)Nc1ccc(CC(NC(=O)N2CCC(N3Cc4ccccc4NC3=O)CC2)C(=O)N2CCC(N3CCCCC3)CC2)cc1Cl. The lowest BCUT2D eigenvalue weighted by Crippen LogP contribution is -2.57. The Labute approximate surface area is 280 Å². The second-order valence-electron chi connectivity index (χ2n) is 13.0. The van der Waals surface area contributed by atoms with E-state index in [9.17, 15) is 19.2 Å². The number of urea groups is 2. The van der Waals surface area contributed by atoms with Crippen LogP contribution in [-0.4, -0.2) is 106 Å². The summed E-state index contributed by atoms with van der Waals surface area (Å²) >= 11 is 6.36. The molecule has 3 fully saturated rings. The molecule has 0 saturated carbocycles. The minimum atomic E-state index is -1.22. The number of hydrogen-bond acceptors (Lipinski definition) is 5. The molecule has 0 radical (unpaired) electrons. The third kappa shape index (κ3) is 7.93. The van der Waals surface area contributed by atoms with Gasteiger partial charge in [-0.15, -0.1) is 0 Å². The van der Waals surface area contributed by atoms with Gasteiger partial charge in [0, 0.05) is 56.9 Å². The van der Waals surface area contributed by atoms with Crippen LogP contribution in [0.1, 0.15) is 56.1 Å². The van der Waals surface area contributed by atoms with Gasteiger partial charge in [0.25, 0.3) is 0 Å². The van der Waals surface area contributed by atoms with Crippen LogP contribution < -0.4 is 16.0 Å². The molecule has 4 N–H and O–H groups in total. The first-order chi connectivity index (χ1) is 22.7. The predicted octanol–water partition coefficient (Wildman–Crippen LogP) is 5.04. The summed E-state index contributed by atoms with van der Waals surface area (Å²) in [5.41, 5.74) is 2.87. The van der Waals surface area contributed by atoms with E-state index in [1.807, 2.05) is 34.1 Å². The fourth-order valence-electron chi connectivity index (χ4n) is 7.43. The molecule has 1 atom stereocenters. The number of fused-ring (bicyclic) bond motifs is 1. The summed E-state index contributed by atoms with van der Waals surface area (Å²) in [7, 11) is 0. The first kappa shape index (κ1) is 32.9. The number of piperidine rings is 3. The van der Waals surface area contributed by atoms with E-state index in [4.69, 9.17) is 16.7 Å². The molecular weight excluding hydrogens is 622 g/mol. The molecule has 0 spiro atoms. The van der Waals surface area contributed by atoms with Crippen LogP contribution >= 0.6 is 11.6 Å². The Balaban J connectivity index is 1.10. The zero-order chi connectivity index (χ0) is 32.9. The number of benzene rings is 2. The molecule has 0 bridgehead atoms. The van der Waals surface area contributed by atoms with Gasteiger partial charge in [-0.2, -0.15) is 0 Å². The molecule has 6 amide bonds. The van der Waals surface area contributed by atoms with E-state index >= 15 is 0 Å². The minimum Gasteiger partial charge on any atom is -0.465 e. The number of carbonyl (C=O) groups is 4. The van der Waals surface area contributed by atoms with Gasteiger partial charge in [-0.1, -0.05) is 42.3 Å². The van der Waals surface area contributed by atoms with Crippen molar-refractivity contribution in [1.82, 2.24) is 24.9 Å². The minimum absolute atomic E-state index is 0.00565. The normalized spacial score (nSPS) is 20.3. The van der Waals surface area contributed by atoms with Crippen molar-refractivity contribution < 1.29 is 24.3 Å². The van der Waals surface area contributed by atoms with E-state index in [1.54, 1.807) is 23.1 Å². The molecule has 47 heavy (non-hydrogen) atoms. The van der Waals surface area contributed by atoms with Gasteiger partial charge in [-0.05, 0) is 80.9 Å². The van der Waals surface area contributed by atoms with Gasteiger partial charge in [0.1, 0.15) is 6.04 Å². The molecule has 12 nitrogen and oxygen atoms in total. The summed E-state index contributed by atoms with van der Waals surface area (Å²) in [6.45, 7) is 4.99. The summed E-state index contributed by atoms with van der Waals surface area (Å²) in [5, 5.41) is 17.6. The number of amides is 6. The van der Waals surface area contributed by atoms with E-state index in [0.717, 1.165) is 37.2 Å². The Morgan fingerprint density at radius 3 is 2.28 bits per heavy atom. The molecule has 0 aliphatic carbocycles. The van der Waals surface area contributed by atoms with Crippen LogP contribution in [0, 0.1) is 0 Å². The van der Waals surface area contributed by atoms with Gasteiger partial charge in [0.2, 0.25) is 5.91 Å². The summed E-state index contributed by atoms with van der Waals surface area (Å²) in [6, 6.07) is 12.0. The quantitative estimate of drug-likeness (QED) is 0.327. The molecule has 0 aromatic heterocycles. The van der Waals surface area contributed by atoms with Crippen molar-refractivity contribution >= 4 is 47.0 Å². The topological polar surface area (TPSA) is 138 Å². The number of carbonyl (C=O) groups excluding carboxylic acids is 3. The highest BCUT2D eigenvalue weighted by atomic mass is 35.5. The highest BCUT2D eigenvalue weighted by Gasteiger charge is 2.35. The van der Waals surface area contributed by atoms with E-state index in [-0.39, 0.29) is 41.1 Å². The summed E-state index contributed by atoms with van der Waals surface area (Å²) < 4.78 is 0. The summed E-state index contributed by atoms with van der Waals surface area (Å²) in [4.78, 5) is 59.6. The lowest BCUT2D eigenvalue weighted by molar-refractivity contribution is -0.134. The summed E-state index contributed by atoms with van der Waals surface area (Å²) in [6.07, 6.45) is 5.84. The van der Waals surface area contributed by atoms with E-state index in [1.165, 1.54) is 19.3 Å². The van der Waals surface area contributed by atoms with Crippen LogP contribution in [0.2, 0.25) is 5.02 Å². The number of likely N-dealkylation sites (tertiary alicyclic amines) is 3. The van der Waals surface area contributed by atoms with E-state index in [2.05, 4.69) is 20.9 Å². The van der Waals surface area contributed by atoms with Gasteiger partial charge in [-0.25, -0.2) is 14.4 Å². The first-order valence-corrected chi connectivity index (χ1v) is 17.1. The maximum Gasteiger partial charge on any atom is 0.409 e. The maximum atomic E-state index is 14.0. The third-order valence-electron chi connectivity index (χ3n) is 10.0. The zero-order valence-corrected chi connectivity index (χ0v) is 27.4. The molecule has 6 rings (SSSR count). The predicted molar refractivity (Wildman–Crippen MR) is 180 cm³/mol. The van der Waals surface area contributed by atoms with Crippen LogP contribution in [0.5, 0.6) is 0 Å². The van der Waals surface area contributed by atoms with Gasteiger partial charge >= 0.3 is 18.2 Å². The van der Waals surface area contributed by atoms with Gasteiger partial charge in [0.05, 0.1) is 10.7 Å². The Kier molecular flexibility index (Phi) is 10.4. The van der Waals surface area contributed by atoms with Crippen molar-refractivity contribution in [2.75, 3.05) is 49.9 Å². The zero-order valence-electron chi connectivity index (χ0n) is 26.6. The fourth-order valence-corrected chi connectivity index (χ4v) is 7.68. The fraction of sp³-hybridized carbons (Fsp3) is 0.529. The average Bonchev–Trinajstić information content (AvgIpc) is 3.09. The van der Waals surface area contributed by atoms with Gasteiger partial charge in [0.15, 0.2) is 0 Å². The number of carboxylic acid groups (broad SMARTS) is 1. The van der Waals surface area contributed by atoms with Crippen LogP contribution in [0.3, 0.4) is 0 Å². The Hall–Kier alpha value is -4.03. The number of rotatable bonds is 7. The highest BCUT2D eigenvalue weighted by Crippen LogP contribution is 2.28. The van der Waals surface area contributed by atoms with Crippen LogP contribution in [0.4, 0.5) is 25.8 Å². The standard InChI is InChI=1S/C34H44ClN7O5/c35-27-20-23(8-9-29(27)38-34(46)47)21-30(31(43)40-16-10-25(11-17-40)39-14-4-1-5-15-39)37-32(44)41-18-12-26(13-19-41)42-22-24-6-2-3-7-28(24)36-33(42)45/h2-3,6-9,20,25-26,30,38H,1,4-5,10-19,21-22H2,(H,36,45)(H,37,44)(H,46,47). The lowest BCUT2D eigenvalue weighted by atomic mass is 9.98. The van der Waals surface area contributed by atoms with Crippen LogP contribution in [0.25, 0.3) is 0 Å². The number of para-hydroxylation sites is 1. The largest absolute Gasteiger partial charge is 0.465 e. The number of halogens is 1. The van der Waals surface area contributed by atoms with E-state index in [0.29, 0.717) is 57.2 Å².